The van der Waals surface area contributed by atoms with Crippen LogP contribution >= 0.6 is 11.8 Å². The van der Waals surface area contributed by atoms with Gasteiger partial charge in [0.25, 0.3) is 0 Å². The van der Waals surface area contributed by atoms with E-state index in [1.807, 2.05) is 12.5 Å². The van der Waals surface area contributed by atoms with E-state index in [9.17, 15) is 0 Å². The third-order valence-electron chi connectivity index (χ3n) is 2.19. The molecule has 2 aromatic heterocycles. The quantitative estimate of drug-likeness (QED) is 0.814. The Kier molecular flexibility index (Phi) is 3.40. The first-order chi connectivity index (χ1) is 7.81. The summed E-state index contributed by atoms with van der Waals surface area (Å²) in [5.41, 5.74) is 6.88. The van der Waals surface area contributed by atoms with E-state index in [1.54, 1.807) is 24.2 Å². The molecule has 0 aromatic carbocycles. The van der Waals surface area contributed by atoms with Gasteiger partial charge in [-0.15, -0.1) is 0 Å². The van der Waals surface area contributed by atoms with Crippen molar-refractivity contribution in [1.29, 1.82) is 0 Å². The van der Waals surface area contributed by atoms with Crippen LogP contribution in [0.15, 0.2) is 29.9 Å². The molecule has 16 heavy (non-hydrogen) atoms. The van der Waals surface area contributed by atoms with Crippen LogP contribution in [0.5, 0.6) is 0 Å². The number of aryl methyl sites for hydroxylation is 1. The van der Waals surface area contributed by atoms with Crippen molar-refractivity contribution in [3.63, 3.8) is 0 Å². The van der Waals surface area contributed by atoms with Gasteiger partial charge in [-0.05, 0) is 6.92 Å². The van der Waals surface area contributed by atoms with E-state index in [1.165, 1.54) is 0 Å². The molecule has 2 heterocycles. The first-order valence-electron chi connectivity index (χ1n) is 4.99. The van der Waals surface area contributed by atoms with Crippen LogP contribution < -0.4 is 5.73 Å². The molecule has 0 saturated carbocycles. The molecule has 0 spiro atoms. The molecule has 5 nitrogen and oxygen atoms in total. The number of hydrogen-bond acceptors (Lipinski definition) is 5. The number of nitrogen functional groups attached to an aromatic ring is 1. The zero-order valence-corrected chi connectivity index (χ0v) is 9.81. The molecule has 2 aromatic rings. The molecule has 0 aliphatic rings. The number of anilines is 1. The summed E-state index contributed by atoms with van der Waals surface area (Å²) in [6.45, 7) is 3.01. The van der Waals surface area contributed by atoms with Gasteiger partial charge >= 0.3 is 0 Å². The number of aromatic nitrogens is 4. The second kappa shape index (κ2) is 4.98. The van der Waals surface area contributed by atoms with Crippen LogP contribution in [-0.4, -0.2) is 19.5 Å². The van der Waals surface area contributed by atoms with Crippen LogP contribution in [0.4, 0.5) is 5.82 Å². The molecule has 2 N–H and O–H groups in total. The molecule has 0 aliphatic heterocycles. The van der Waals surface area contributed by atoms with Gasteiger partial charge in [-0.1, -0.05) is 11.8 Å². The van der Waals surface area contributed by atoms with Gasteiger partial charge in [-0.25, -0.2) is 15.0 Å². The maximum atomic E-state index is 5.71. The molecular formula is C10H13N5S. The van der Waals surface area contributed by atoms with Crippen molar-refractivity contribution in [2.75, 3.05) is 5.73 Å². The molecule has 0 aliphatic carbocycles. The third kappa shape index (κ3) is 2.33. The van der Waals surface area contributed by atoms with Gasteiger partial charge in [-0.2, -0.15) is 0 Å². The Morgan fingerprint density at radius 1 is 1.38 bits per heavy atom. The number of nitrogens with two attached hydrogens (primary N) is 1. The summed E-state index contributed by atoms with van der Waals surface area (Å²) in [4.78, 5) is 12.3. The second-order valence-electron chi connectivity index (χ2n) is 3.21. The van der Waals surface area contributed by atoms with E-state index in [-0.39, 0.29) is 0 Å². The van der Waals surface area contributed by atoms with Gasteiger partial charge in [0.15, 0.2) is 5.82 Å². The zero-order chi connectivity index (χ0) is 11.4. The smallest absolute Gasteiger partial charge is 0.156 e. The van der Waals surface area contributed by atoms with Gasteiger partial charge in [0.2, 0.25) is 0 Å². The SMILES string of the molecule is CCn1cncc1CSc1nccnc1N. The van der Waals surface area contributed by atoms with Gasteiger partial charge in [0.1, 0.15) is 5.03 Å². The fraction of sp³-hybridized carbons (Fsp3) is 0.300. The molecule has 0 amide bonds. The van der Waals surface area contributed by atoms with Gasteiger partial charge in [0, 0.05) is 36.6 Å². The van der Waals surface area contributed by atoms with Gasteiger partial charge in [0.05, 0.1) is 6.33 Å². The minimum absolute atomic E-state index is 0.482. The molecule has 0 fully saturated rings. The van der Waals surface area contributed by atoms with Crippen LogP contribution in [0.25, 0.3) is 0 Å². The van der Waals surface area contributed by atoms with Crippen LogP contribution in [0.3, 0.4) is 0 Å². The first kappa shape index (κ1) is 10.9. The summed E-state index contributed by atoms with van der Waals surface area (Å²) in [6, 6.07) is 0. The van der Waals surface area contributed by atoms with E-state index >= 15 is 0 Å². The highest BCUT2D eigenvalue weighted by Crippen LogP contribution is 2.23. The summed E-state index contributed by atoms with van der Waals surface area (Å²) >= 11 is 1.57. The Labute approximate surface area is 98.1 Å². The lowest BCUT2D eigenvalue weighted by molar-refractivity contribution is 0.733. The summed E-state index contributed by atoms with van der Waals surface area (Å²) < 4.78 is 2.10. The Morgan fingerprint density at radius 2 is 2.19 bits per heavy atom. The number of nitrogens with zero attached hydrogens (tertiary/aromatic N) is 4. The summed E-state index contributed by atoms with van der Waals surface area (Å²) in [6.07, 6.45) is 6.94. The summed E-state index contributed by atoms with van der Waals surface area (Å²) in [5.74, 6) is 1.28. The van der Waals surface area contributed by atoms with E-state index in [0.29, 0.717) is 5.82 Å². The van der Waals surface area contributed by atoms with E-state index in [4.69, 9.17) is 5.73 Å². The Morgan fingerprint density at radius 3 is 2.94 bits per heavy atom. The highest BCUT2D eigenvalue weighted by atomic mass is 32.2. The topological polar surface area (TPSA) is 69.6 Å². The van der Waals surface area contributed by atoms with Crippen molar-refractivity contribution < 1.29 is 0 Å². The van der Waals surface area contributed by atoms with Crippen molar-refractivity contribution in [2.24, 2.45) is 0 Å². The lowest BCUT2D eigenvalue weighted by Crippen LogP contribution is -1.99. The molecule has 6 heteroatoms. The molecule has 84 valence electrons. The largest absolute Gasteiger partial charge is 0.381 e. The molecule has 2 rings (SSSR count). The molecule has 0 bridgehead atoms. The molecule has 0 unspecified atom stereocenters. The van der Waals surface area contributed by atoms with Crippen molar-refractivity contribution in [1.82, 2.24) is 19.5 Å². The number of hydrogen-bond donors (Lipinski definition) is 1. The van der Waals surface area contributed by atoms with Crippen molar-refractivity contribution >= 4 is 17.6 Å². The predicted octanol–water partition coefficient (Wildman–Crippen LogP) is 1.57. The van der Waals surface area contributed by atoms with E-state index < -0.39 is 0 Å². The average Bonchev–Trinajstić information content (AvgIpc) is 2.75. The summed E-state index contributed by atoms with van der Waals surface area (Å²) in [5, 5.41) is 0.770. The van der Waals surface area contributed by atoms with Crippen LogP contribution in [0, 0.1) is 0 Å². The lowest BCUT2D eigenvalue weighted by atomic mass is 10.5. The molecular weight excluding hydrogens is 222 g/mol. The standard InChI is InChI=1S/C10H13N5S/c1-2-15-7-12-5-8(15)6-16-10-9(11)13-3-4-14-10/h3-5,7H,2,6H2,1H3,(H2,11,13). The van der Waals surface area contributed by atoms with Crippen LogP contribution in [0.1, 0.15) is 12.6 Å². The van der Waals surface area contributed by atoms with E-state index in [2.05, 4.69) is 26.4 Å². The Bertz CT molecular complexity index is 468. The third-order valence-corrected chi connectivity index (χ3v) is 3.22. The van der Waals surface area contributed by atoms with Crippen molar-refractivity contribution in [2.45, 2.75) is 24.2 Å². The summed E-state index contributed by atoms with van der Waals surface area (Å²) in [7, 11) is 0. The van der Waals surface area contributed by atoms with Crippen LogP contribution in [-0.2, 0) is 12.3 Å². The molecule has 0 saturated heterocycles. The maximum absolute atomic E-state index is 5.71. The van der Waals surface area contributed by atoms with Gasteiger partial charge in [-0.3, -0.25) is 0 Å². The predicted molar refractivity (Wildman–Crippen MR) is 63.9 cm³/mol. The van der Waals surface area contributed by atoms with Crippen LogP contribution in [0.2, 0.25) is 0 Å². The number of thioether (sulfide) groups is 1. The average molecular weight is 235 g/mol. The minimum atomic E-state index is 0.482. The molecule has 0 radical (unpaired) electrons. The number of rotatable bonds is 4. The fourth-order valence-electron chi connectivity index (χ4n) is 1.34. The van der Waals surface area contributed by atoms with E-state index in [0.717, 1.165) is 23.0 Å². The number of imidazole rings is 1. The highest BCUT2D eigenvalue weighted by Gasteiger charge is 2.05. The Hall–Kier alpha value is -1.56. The van der Waals surface area contributed by atoms with Crippen molar-refractivity contribution in [3.05, 3.63) is 30.6 Å². The Balaban J connectivity index is 2.05. The normalized spacial score (nSPS) is 10.6. The fourth-order valence-corrected chi connectivity index (χ4v) is 2.20. The first-order valence-corrected chi connectivity index (χ1v) is 5.98. The molecule has 0 atom stereocenters. The maximum Gasteiger partial charge on any atom is 0.156 e. The minimum Gasteiger partial charge on any atom is -0.381 e. The monoisotopic (exact) mass is 235 g/mol. The lowest BCUT2D eigenvalue weighted by Gasteiger charge is -2.05. The zero-order valence-electron chi connectivity index (χ0n) is 9.00. The second-order valence-corrected chi connectivity index (χ2v) is 4.17. The van der Waals surface area contributed by atoms with Gasteiger partial charge < -0.3 is 10.3 Å². The van der Waals surface area contributed by atoms with Crippen molar-refractivity contribution in [3.8, 4) is 0 Å². The highest BCUT2D eigenvalue weighted by molar-refractivity contribution is 7.98.